The lowest BCUT2D eigenvalue weighted by Crippen LogP contribution is -2.15. The molecule has 2 N–H and O–H groups in total. The maximum Gasteiger partial charge on any atom is 0.335 e. The van der Waals surface area contributed by atoms with Gasteiger partial charge in [-0.25, -0.2) is 13.2 Å². The first-order valence-corrected chi connectivity index (χ1v) is 8.24. The van der Waals surface area contributed by atoms with E-state index in [9.17, 15) is 13.2 Å². The molecule has 0 fully saturated rings. The summed E-state index contributed by atoms with van der Waals surface area (Å²) < 4.78 is 27.1. The van der Waals surface area contributed by atoms with Gasteiger partial charge in [-0.05, 0) is 39.7 Å². The third kappa shape index (κ3) is 4.27. The van der Waals surface area contributed by atoms with Gasteiger partial charge in [-0.15, -0.1) is 0 Å². The van der Waals surface area contributed by atoms with Crippen molar-refractivity contribution in [3.05, 3.63) is 58.3 Å². The maximum absolute atomic E-state index is 12.1. The first-order valence-electron chi connectivity index (χ1n) is 5.79. The highest BCUT2D eigenvalue weighted by molar-refractivity contribution is 9.10. The molecule has 8 heteroatoms. The number of rotatable bonds is 5. The van der Waals surface area contributed by atoms with E-state index in [1.165, 1.54) is 42.7 Å². The second-order valence-corrected chi connectivity index (χ2v) is 6.80. The Labute approximate surface area is 130 Å². The lowest BCUT2D eigenvalue weighted by molar-refractivity contribution is 0.0697. The zero-order valence-corrected chi connectivity index (χ0v) is 13.1. The number of carbonyl (C=O) groups is 1. The molecule has 0 atom stereocenters. The number of nitrogens with zero attached hydrogens (tertiary/aromatic N) is 1. The number of anilines is 1. The summed E-state index contributed by atoms with van der Waals surface area (Å²) in [5, 5.41) is 8.79. The van der Waals surface area contributed by atoms with Gasteiger partial charge in [0, 0.05) is 12.4 Å². The number of pyridine rings is 1. The molecule has 6 nitrogen and oxygen atoms in total. The van der Waals surface area contributed by atoms with E-state index in [-0.39, 0.29) is 11.3 Å². The van der Waals surface area contributed by atoms with Gasteiger partial charge >= 0.3 is 5.97 Å². The minimum absolute atomic E-state index is 0.112. The fraction of sp³-hybridized carbons (Fsp3) is 0.0769. The topological polar surface area (TPSA) is 96.4 Å². The summed E-state index contributed by atoms with van der Waals surface area (Å²) in [5.41, 5.74) is 1.01. The van der Waals surface area contributed by atoms with Crippen LogP contribution in [-0.4, -0.2) is 24.5 Å². The van der Waals surface area contributed by atoms with Crippen molar-refractivity contribution in [3.8, 4) is 0 Å². The first-order chi connectivity index (χ1) is 9.87. The normalized spacial score (nSPS) is 11.1. The van der Waals surface area contributed by atoms with Crippen molar-refractivity contribution >= 4 is 37.6 Å². The van der Waals surface area contributed by atoms with Crippen LogP contribution in [0.2, 0.25) is 0 Å². The quantitative estimate of drug-likeness (QED) is 0.842. The Balaban J connectivity index is 2.14. The molecule has 0 aliphatic rings. The summed E-state index contributed by atoms with van der Waals surface area (Å²) in [5.74, 6) is -1.30. The zero-order valence-electron chi connectivity index (χ0n) is 10.7. The predicted molar refractivity (Wildman–Crippen MR) is 81.6 cm³/mol. The van der Waals surface area contributed by atoms with Crippen LogP contribution in [0.15, 0.2) is 47.2 Å². The number of benzene rings is 1. The molecular formula is C13H11BrN2O4S. The average Bonchev–Trinajstić information content (AvgIpc) is 2.41. The molecule has 110 valence electrons. The third-order valence-corrected chi connectivity index (χ3v) is 4.47. The Bertz CT molecular complexity index is 760. The summed E-state index contributed by atoms with van der Waals surface area (Å²) in [6, 6.07) is 7.23. The SMILES string of the molecule is O=C(O)c1ccc(CS(=O)(=O)Nc2ccncc2Br)cc1. The Hall–Kier alpha value is -1.93. The molecule has 1 aromatic heterocycles. The number of halogens is 1. The van der Waals surface area contributed by atoms with Crippen LogP contribution >= 0.6 is 15.9 Å². The predicted octanol–water partition coefficient (Wildman–Crippen LogP) is 2.48. The molecule has 0 amide bonds. The van der Waals surface area contributed by atoms with Crippen LogP contribution in [0.25, 0.3) is 0 Å². The van der Waals surface area contributed by atoms with Crippen LogP contribution in [0.3, 0.4) is 0 Å². The van der Waals surface area contributed by atoms with E-state index in [1.54, 1.807) is 0 Å². The molecule has 0 radical (unpaired) electrons. The molecule has 0 spiro atoms. The van der Waals surface area contributed by atoms with E-state index in [2.05, 4.69) is 25.6 Å². The number of hydrogen-bond acceptors (Lipinski definition) is 4. The Kier molecular flexibility index (Phi) is 4.59. The highest BCUT2D eigenvalue weighted by Gasteiger charge is 2.14. The third-order valence-electron chi connectivity index (χ3n) is 2.60. The highest BCUT2D eigenvalue weighted by atomic mass is 79.9. The lowest BCUT2D eigenvalue weighted by atomic mass is 10.1. The molecular weight excluding hydrogens is 360 g/mol. The second-order valence-electron chi connectivity index (χ2n) is 4.22. The molecule has 0 saturated heterocycles. The lowest BCUT2D eigenvalue weighted by Gasteiger charge is -2.09. The maximum atomic E-state index is 12.1. The number of aromatic carboxylic acids is 1. The first kappa shape index (κ1) is 15.5. The van der Waals surface area contributed by atoms with E-state index in [4.69, 9.17) is 5.11 Å². The number of hydrogen-bond donors (Lipinski definition) is 2. The Morgan fingerprint density at radius 3 is 2.48 bits per heavy atom. The molecule has 0 aliphatic carbocycles. The molecule has 0 aliphatic heterocycles. The van der Waals surface area contributed by atoms with E-state index < -0.39 is 16.0 Å². The van der Waals surface area contributed by atoms with Crippen LogP contribution in [0, 0.1) is 0 Å². The number of aromatic nitrogens is 1. The van der Waals surface area contributed by atoms with Gasteiger partial charge in [-0.2, -0.15) is 0 Å². The zero-order chi connectivity index (χ0) is 15.5. The van der Waals surface area contributed by atoms with E-state index >= 15 is 0 Å². The Morgan fingerprint density at radius 1 is 1.24 bits per heavy atom. The standard InChI is InChI=1S/C13H11BrN2O4S/c14-11-7-15-6-5-12(11)16-21(19,20)8-9-1-3-10(4-2-9)13(17)18/h1-7H,8H2,(H,15,16)(H,17,18). The minimum atomic E-state index is -3.60. The van der Waals surface area contributed by atoms with Crippen LogP contribution in [0.4, 0.5) is 5.69 Å². The van der Waals surface area contributed by atoms with Gasteiger partial charge in [0.2, 0.25) is 10.0 Å². The van der Waals surface area contributed by atoms with Crippen molar-refractivity contribution in [3.63, 3.8) is 0 Å². The van der Waals surface area contributed by atoms with Gasteiger partial charge in [-0.1, -0.05) is 12.1 Å². The molecule has 0 saturated carbocycles. The fourth-order valence-corrected chi connectivity index (χ4v) is 3.32. The molecule has 0 bridgehead atoms. The molecule has 2 rings (SSSR count). The van der Waals surface area contributed by atoms with Crippen molar-refractivity contribution in [2.75, 3.05) is 4.72 Å². The largest absolute Gasteiger partial charge is 0.478 e. The molecule has 0 unspecified atom stereocenters. The fourth-order valence-electron chi connectivity index (χ4n) is 1.62. The van der Waals surface area contributed by atoms with E-state index in [0.29, 0.717) is 15.7 Å². The van der Waals surface area contributed by atoms with Crippen LogP contribution < -0.4 is 4.72 Å². The van der Waals surface area contributed by atoms with Crippen molar-refractivity contribution in [1.82, 2.24) is 4.98 Å². The van der Waals surface area contributed by atoms with Gasteiger partial charge in [-0.3, -0.25) is 9.71 Å². The van der Waals surface area contributed by atoms with Crippen LogP contribution in [-0.2, 0) is 15.8 Å². The van der Waals surface area contributed by atoms with Crippen LogP contribution in [0.1, 0.15) is 15.9 Å². The van der Waals surface area contributed by atoms with Gasteiger partial charge < -0.3 is 5.11 Å². The number of carboxylic acid groups (broad SMARTS) is 1. The molecule has 2 aromatic rings. The van der Waals surface area contributed by atoms with Crippen molar-refractivity contribution in [2.24, 2.45) is 0 Å². The summed E-state index contributed by atoms with van der Waals surface area (Å²) in [4.78, 5) is 14.6. The smallest absolute Gasteiger partial charge is 0.335 e. The van der Waals surface area contributed by atoms with Gasteiger partial charge in [0.25, 0.3) is 0 Å². The van der Waals surface area contributed by atoms with Crippen molar-refractivity contribution in [2.45, 2.75) is 5.75 Å². The van der Waals surface area contributed by atoms with E-state index in [0.717, 1.165) is 0 Å². The highest BCUT2D eigenvalue weighted by Crippen LogP contribution is 2.22. The number of carboxylic acids is 1. The van der Waals surface area contributed by atoms with Gasteiger partial charge in [0.15, 0.2) is 0 Å². The molecule has 21 heavy (non-hydrogen) atoms. The minimum Gasteiger partial charge on any atom is -0.478 e. The van der Waals surface area contributed by atoms with Crippen molar-refractivity contribution < 1.29 is 18.3 Å². The van der Waals surface area contributed by atoms with Gasteiger partial charge in [0.1, 0.15) is 0 Å². The van der Waals surface area contributed by atoms with Crippen molar-refractivity contribution in [1.29, 1.82) is 0 Å². The van der Waals surface area contributed by atoms with E-state index in [1.807, 2.05) is 0 Å². The molecule has 1 heterocycles. The monoisotopic (exact) mass is 370 g/mol. The summed E-state index contributed by atoms with van der Waals surface area (Å²) in [7, 11) is -3.60. The Morgan fingerprint density at radius 2 is 1.90 bits per heavy atom. The van der Waals surface area contributed by atoms with Crippen LogP contribution in [0.5, 0.6) is 0 Å². The second kappa shape index (κ2) is 6.23. The molecule has 1 aromatic carbocycles. The average molecular weight is 371 g/mol. The summed E-state index contributed by atoms with van der Waals surface area (Å²) in [6.07, 6.45) is 2.96. The summed E-state index contributed by atoms with van der Waals surface area (Å²) in [6.45, 7) is 0. The number of sulfonamides is 1. The number of nitrogens with one attached hydrogen (secondary N) is 1. The van der Waals surface area contributed by atoms with Gasteiger partial charge in [0.05, 0.1) is 21.5 Å². The summed E-state index contributed by atoms with van der Waals surface area (Å²) >= 11 is 3.21.